The van der Waals surface area contributed by atoms with Gasteiger partial charge in [0.1, 0.15) is 0 Å². The molecule has 2 N–H and O–H groups in total. The molecule has 3 amide bonds. The summed E-state index contributed by atoms with van der Waals surface area (Å²) in [5.41, 5.74) is 0.569. The van der Waals surface area contributed by atoms with Crippen LogP contribution in [0.25, 0.3) is 10.9 Å². The highest BCUT2D eigenvalue weighted by atomic mass is 35.5. The summed E-state index contributed by atoms with van der Waals surface area (Å²) < 4.78 is 5.11. The Morgan fingerprint density at radius 2 is 2.08 bits per heavy atom. The van der Waals surface area contributed by atoms with Crippen LogP contribution in [0.1, 0.15) is 24.2 Å². The number of nitrogens with one attached hydrogen (secondary N) is 2. The number of benzene rings is 1. The van der Waals surface area contributed by atoms with Crippen molar-refractivity contribution < 1.29 is 19.1 Å². The van der Waals surface area contributed by atoms with Gasteiger partial charge in [-0.25, -0.2) is 9.59 Å². The summed E-state index contributed by atoms with van der Waals surface area (Å²) >= 11 is 6.00. The van der Waals surface area contributed by atoms with Crippen molar-refractivity contribution in [3.8, 4) is 0 Å². The Balaban J connectivity index is 2.15. The Labute approximate surface area is 143 Å². The lowest BCUT2D eigenvalue weighted by atomic mass is 10.1. The van der Waals surface area contributed by atoms with Gasteiger partial charge in [0.15, 0.2) is 6.10 Å². The Morgan fingerprint density at radius 1 is 1.33 bits per heavy atom. The van der Waals surface area contributed by atoms with E-state index in [-0.39, 0.29) is 5.56 Å². The first kappa shape index (κ1) is 17.7. The number of rotatable bonds is 4. The highest BCUT2D eigenvalue weighted by Crippen LogP contribution is 2.23. The normalized spacial score (nSPS) is 11.6. The zero-order valence-electron chi connectivity index (χ0n) is 13.1. The number of carbonyl (C=O) groups is 3. The highest BCUT2D eigenvalue weighted by Gasteiger charge is 2.22. The molecule has 7 nitrogen and oxygen atoms in total. The van der Waals surface area contributed by atoms with Crippen LogP contribution in [0.4, 0.5) is 4.79 Å². The van der Waals surface area contributed by atoms with Crippen LogP contribution < -0.4 is 10.6 Å². The lowest BCUT2D eigenvalue weighted by Gasteiger charge is -2.14. The van der Waals surface area contributed by atoms with Crippen molar-refractivity contribution in [2.45, 2.75) is 20.0 Å². The number of halogens is 1. The number of nitrogens with zero attached hydrogens (tertiary/aromatic N) is 1. The van der Waals surface area contributed by atoms with Gasteiger partial charge in [-0.15, -0.1) is 0 Å². The molecule has 8 heteroatoms. The number of hydrogen-bond donors (Lipinski definition) is 2. The van der Waals surface area contributed by atoms with Crippen molar-refractivity contribution >= 4 is 40.4 Å². The van der Waals surface area contributed by atoms with Crippen molar-refractivity contribution in [1.82, 2.24) is 15.6 Å². The van der Waals surface area contributed by atoms with Gasteiger partial charge < -0.3 is 10.1 Å². The summed E-state index contributed by atoms with van der Waals surface area (Å²) in [7, 11) is 0. The number of urea groups is 1. The molecule has 2 aromatic rings. The standard InChI is InChI=1S/C16H16ClN3O4/c1-3-18-16(23)20-14(21)9(2)24-15(22)12-8-11(17)7-10-5-4-6-19-13(10)12/h4-9H,3H2,1-2H3,(H2,18,20,21,23)/t9-/m1/s1. The zero-order chi connectivity index (χ0) is 17.7. The highest BCUT2D eigenvalue weighted by molar-refractivity contribution is 6.32. The van der Waals surface area contributed by atoms with Crippen molar-refractivity contribution in [2.24, 2.45) is 0 Å². The molecule has 1 aromatic carbocycles. The van der Waals surface area contributed by atoms with E-state index in [2.05, 4.69) is 15.6 Å². The smallest absolute Gasteiger partial charge is 0.341 e. The van der Waals surface area contributed by atoms with Crippen molar-refractivity contribution in [3.63, 3.8) is 0 Å². The quantitative estimate of drug-likeness (QED) is 0.825. The first-order valence-electron chi connectivity index (χ1n) is 7.26. The minimum Gasteiger partial charge on any atom is -0.449 e. The SMILES string of the molecule is CCNC(=O)NC(=O)[C@@H](C)OC(=O)c1cc(Cl)cc2cccnc12. The monoisotopic (exact) mass is 349 g/mol. The molecule has 126 valence electrons. The number of pyridine rings is 1. The fourth-order valence-corrected chi connectivity index (χ4v) is 2.23. The van der Waals surface area contributed by atoms with Gasteiger partial charge in [-0.1, -0.05) is 17.7 Å². The third kappa shape index (κ3) is 4.20. The molecule has 1 heterocycles. The molecule has 0 fully saturated rings. The maximum Gasteiger partial charge on any atom is 0.341 e. The summed E-state index contributed by atoms with van der Waals surface area (Å²) in [6, 6.07) is 5.92. The van der Waals surface area contributed by atoms with Crippen LogP contribution >= 0.6 is 11.6 Å². The maximum absolute atomic E-state index is 12.3. The van der Waals surface area contributed by atoms with Crippen LogP contribution in [-0.2, 0) is 9.53 Å². The molecule has 0 bridgehead atoms. The third-order valence-electron chi connectivity index (χ3n) is 3.12. The molecule has 0 radical (unpaired) electrons. The molecule has 0 aliphatic heterocycles. The largest absolute Gasteiger partial charge is 0.449 e. The van der Waals surface area contributed by atoms with E-state index in [4.69, 9.17) is 16.3 Å². The Kier molecular flexibility index (Phi) is 5.70. The number of aromatic nitrogens is 1. The van der Waals surface area contributed by atoms with E-state index in [9.17, 15) is 14.4 Å². The van der Waals surface area contributed by atoms with Crippen molar-refractivity contribution in [1.29, 1.82) is 0 Å². The molecule has 0 aliphatic carbocycles. The van der Waals surface area contributed by atoms with Crippen LogP contribution in [-0.4, -0.2) is 35.5 Å². The van der Waals surface area contributed by atoms with E-state index < -0.39 is 24.0 Å². The average Bonchev–Trinajstić information content (AvgIpc) is 2.53. The van der Waals surface area contributed by atoms with Gasteiger partial charge in [-0.3, -0.25) is 15.1 Å². The number of imide groups is 1. The van der Waals surface area contributed by atoms with E-state index in [0.29, 0.717) is 22.5 Å². The topological polar surface area (TPSA) is 97.4 Å². The molecule has 1 atom stereocenters. The number of carbonyl (C=O) groups excluding carboxylic acids is 3. The summed E-state index contributed by atoms with van der Waals surface area (Å²) in [5, 5.41) is 5.51. The predicted molar refractivity (Wildman–Crippen MR) is 88.8 cm³/mol. The lowest BCUT2D eigenvalue weighted by Crippen LogP contribution is -2.44. The second-order valence-corrected chi connectivity index (χ2v) is 5.36. The van der Waals surface area contributed by atoms with Gasteiger partial charge in [0.2, 0.25) is 0 Å². The van der Waals surface area contributed by atoms with Crippen LogP contribution in [0.3, 0.4) is 0 Å². The molecule has 1 aromatic heterocycles. The van der Waals surface area contributed by atoms with E-state index in [1.165, 1.54) is 19.2 Å². The molecular weight excluding hydrogens is 334 g/mol. The van der Waals surface area contributed by atoms with Gasteiger partial charge >= 0.3 is 12.0 Å². The lowest BCUT2D eigenvalue weighted by molar-refractivity contribution is -0.127. The molecule has 0 spiro atoms. The number of amides is 3. The van der Waals surface area contributed by atoms with Crippen LogP contribution in [0.5, 0.6) is 0 Å². The number of esters is 1. The van der Waals surface area contributed by atoms with Crippen LogP contribution in [0.15, 0.2) is 30.5 Å². The van der Waals surface area contributed by atoms with E-state index in [1.54, 1.807) is 25.1 Å². The van der Waals surface area contributed by atoms with Crippen molar-refractivity contribution in [3.05, 3.63) is 41.0 Å². The molecule has 0 saturated heterocycles. The number of hydrogen-bond acceptors (Lipinski definition) is 5. The minimum absolute atomic E-state index is 0.149. The Morgan fingerprint density at radius 3 is 2.79 bits per heavy atom. The van der Waals surface area contributed by atoms with Gasteiger partial charge in [0.05, 0.1) is 11.1 Å². The van der Waals surface area contributed by atoms with Gasteiger partial charge in [-0.2, -0.15) is 0 Å². The molecule has 24 heavy (non-hydrogen) atoms. The van der Waals surface area contributed by atoms with Gasteiger partial charge in [-0.05, 0) is 32.0 Å². The summed E-state index contributed by atoms with van der Waals surface area (Å²) in [6.07, 6.45) is 0.385. The Hall–Kier alpha value is -2.67. The first-order chi connectivity index (χ1) is 11.4. The van der Waals surface area contributed by atoms with E-state index >= 15 is 0 Å². The van der Waals surface area contributed by atoms with Crippen LogP contribution in [0.2, 0.25) is 5.02 Å². The van der Waals surface area contributed by atoms with Gasteiger partial charge in [0, 0.05) is 23.2 Å². The first-order valence-corrected chi connectivity index (χ1v) is 7.64. The number of ether oxygens (including phenoxy) is 1. The second-order valence-electron chi connectivity index (χ2n) is 4.92. The van der Waals surface area contributed by atoms with Crippen molar-refractivity contribution in [2.75, 3.05) is 6.54 Å². The maximum atomic E-state index is 12.3. The molecular formula is C16H16ClN3O4. The Bertz CT molecular complexity index is 794. The fourth-order valence-electron chi connectivity index (χ4n) is 2.01. The van der Waals surface area contributed by atoms with Gasteiger partial charge in [0.25, 0.3) is 5.91 Å². The van der Waals surface area contributed by atoms with Crippen LogP contribution in [0, 0.1) is 0 Å². The predicted octanol–water partition coefficient (Wildman–Crippen LogP) is 2.28. The molecule has 0 aliphatic rings. The molecule has 0 saturated carbocycles. The fraction of sp³-hybridized carbons (Fsp3) is 0.250. The minimum atomic E-state index is -1.15. The number of fused-ring (bicyclic) bond motifs is 1. The van der Waals surface area contributed by atoms with E-state index in [0.717, 1.165) is 0 Å². The second kappa shape index (κ2) is 7.74. The molecule has 0 unspecified atom stereocenters. The summed E-state index contributed by atoms with van der Waals surface area (Å²) in [5.74, 6) is -1.48. The zero-order valence-corrected chi connectivity index (χ0v) is 13.9. The summed E-state index contributed by atoms with van der Waals surface area (Å²) in [4.78, 5) is 39.6. The molecule has 2 rings (SSSR count). The third-order valence-corrected chi connectivity index (χ3v) is 3.33. The average molecular weight is 350 g/mol. The van der Waals surface area contributed by atoms with E-state index in [1.807, 2.05) is 0 Å². The summed E-state index contributed by atoms with van der Waals surface area (Å²) in [6.45, 7) is 3.45.